The van der Waals surface area contributed by atoms with Crippen molar-refractivity contribution in [3.05, 3.63) is 39.3 Å². The summed E-state index contributed by atoms with van der Waals surface area (Å²) < 4.78 is 0. The van der Waals surface area contributed by atoms with Crippen molar-refractivity contribution >= 4 is 17.3 Å². The molecule has 0 saturated carbocycles. The molecule has 0 radical (unpaired) electrons. The molecule has 17 heavy (non-hydrogen) atoms. The molecule has 0 unspecified atom stereocenters. The molecule has 0 bridgehead atoms. The lowest BCUT2D eigenvalue weighted by molar-refractivity contribution is 1.01. The molecular weight excluding hydrogens is 230 g/mol. The highest BCUT2D eigenvalue weighted by Gasteiger charge is 2.01. The molecule has 4 heteroatoms. The van der Waals surface area contributed by atoms with Gasteiger partial charge in [-0.1, -0.05) is 6.92 Å². The molecule has 1 N–H and O–H groups in total. The first kappa shape index (κ1) is 12.0. The fourth-order valence-electron chi connectivity index (χ4n) is 1.68. The van der Waals surface area contributed by atoms with E-state index >= 15 is 0 Å². The van der Waals surface area contributed by atoms with Crippen LogP contribution < -0.4 is 5.32 Å². The van der Waals surface area contributed by atoms with Crippen molar-refractivity contribution in [2.45, 2.75) is 33.7 Å². The summed E-state index contributed by atoms with van der Waals surface area (Å²) in [5.41, 5.74) is 2.00. The van der Waals surface area contributed by atoms with Crippen LogP contribution in [0.5, 0.6) is 0 Å². The predicted molar refractivity (Wildman–Crippen MR) is 72.5 cm³/mol. The summed E-state index contributed by atoms with van der Waals surface area (Å²) in [4.78, 5) is 11.5. The van der Waals surface area contributed by atoms with E-state index in [4.69, 9.17) is 0 Å². The maximum atomic E-state index is 4.36. The van der Waals surface area contributed by atoms with Gasteiger partial charge in [-0.15, -0.1) is 11.3 Å². The molecule has 0 aliphatic carbocycles. The van der Waals surface area contributed by atoms with Gasteiger partial charge < -0.3 is 5.32 Å². The van der Waals surface area contributed by atoms with Crippen molar-refractivity contribution in [3.63, 3.8) is 0 Å². The van der Waals surface area contributed by atoms with Crippen LogP contribution in [0.2, 0.25) is 0 Å². The summed E-state index contributed by atoms with van der Waals surface area (Å²) >= 11 is 1.84. The second kappa shape index (κ2) is 5.27. The van der Waals surface area contributed by atoms with Crippen LogP contribution in [0.1, 0.15) is 28.1 Å². The van der Waals surface area contributed by atoms with Crippen LogP contribution in [0.3, 0.4) is 0 Å². The van der Waals surface area contributed by atoms with E-state index in [9.17, 15) is 0 Å². The van der Waals surface area contributed by atoms with E-state index in [1.165, 1.54) is 9.75 Å². The SMILES string of the molecule is CCc1ccc(CNc2nc(C)cc(C)n2)s1. The third-order valence-corrected chi connectivity index (χ3v) is 3.70. The van der Waals surface area contributed by atoms with Crippen LogP contribution in [0.15, 0.2) is 18.2 Å². The zero-order chi connectivity index (χ0) is 12.3. The summed E-state index contributed by atoms with van der Waals surface area (Å²) in [5, 5.41) is 3.27. The topological polar surface area (TPSA) is 37.8 Å². The first-order chi connectivity index (χ1) is 8.17. The summed E-state index contributed by atoms with van der Waals surface area (Å²) in [5.74, 6) is 0.717. The third kappa shape index (κ3) is 3.27. The zero-order valence-electron chi connectivity index (χ0n) is 10.4. The molecule has 0 atom stereocenters. The van der Waals surface area contributed by atoms with Crippen molar-refractivity contribution in [1.82, 2.24) is 9.97 Å². The Hall–Kier alpha value is -1.42. The van der Waals surface area contributed by atoms with E-state index < -0.39 is 0 Å². The van der Waals surface area contributed by atoms with Gasteiger partial charge in [0.25, 0.3) is 0 Å². The van der Waals surface area contributed by atoms with Gasteiger partial charge in [0, 0.05) is 21.1 Å². The molecule has 2 heterocycles. The molecule has 90 valence electrons. The van der Waals surface area contributed by atoms with Crippen LogP contribution >= 0.6 is 11.3 Å². The highest BCUT2D eigenvalue weighted by molar-refractivity contribution is 7.12. The zero-order valence-corrected chi connectivity index (χ0v) is 11.3. The van der Waals surface area contributed by atoms with Crippen LogP contribution in [0.4, 0.5) is 5.95 Å². The second-order valence-electron chi connectivity index (χ2n) is 4.05. The Labute approximate surface area is 106 Å². The van der Waals surface area contributed by atoms with Crippen molar-refractivity contribution in [3.8, 4) is 0 Å². The molecule has 0 fully saturated rings. The van der Waals surface area contributed by atoms with E-state index in [0.29, 0.717) is 5.95 Å². The number of nitrogens with zero attached hydrogens (tertiary/aromatic N) is 2. The fraction of sp³-hybridized carbons (Fsp3) is 0.385. The van der Waals surface area contributed by atoms with Gasteiger partial charge in [-0.2, -0.15) is 0 Å². The minimum atomic E-state index is 0.717. The monoisotopic (exact) mass is 247 g/mol. The molecule has 2 aromatic rings. The summed E-state index contributed by atoms with van der Waals surface area (Å²) in [7, 11) is 0. The van der Waals surface area contributed by atoms with Gasteiger partial charge in [0.2, 0.25) is 5.95 Å². The van der Waals surface area contributed by atoms with E-state index in [-0.39, 0.29) is 0 Å². The summed E-state index contributed by atoms with van der Waals surface area (Å²) in [6.45, 7) is 6.95. The molecular formula is C13H17N3S. The standard InChI is InChI=1S/C13H17N3S/c1-4-11-5-6-12(17-11)8-14-13-15-9(2)7-10(3)16-13/h5-7H,4,8H2,1-3H3,(H,14,15,16). The lowest BCUT2D eigenvalue weighted by Gasteiger charge is -2.04. The van der Waals surface area contributed by atoms with Gasteiger partial charge in [-0.3, -0.25) is 0 Å². The number of aryl methyl sites for hydroxylation is 3. The lowest BCUT2D eigenvalue weighted by atomic mass is 10.3. The average molecular weight is 247 g/mol. The predicted octanol–water partition coefficient (Wildman–Crippen LogP) is 3.33. The minimum Gasteiger partial charge on any atom is -0.349 e. The molecule has 0 saturated heterocycles. The molecule has 0 aromatic carbocycles. The van der Waals surface area contributed by atoms with E-state index in [0.717, 1.165) is 24.4 Å². The molecule has 2 rings (SSSR count). The number of thiophene rings is 1. The average Bonchev–Trinajstić information content (AvgIpc) is 2.73. The van der Waals surface area contributed by atoms with Crippen molar-refractivity contribution in [1.29, 1.82) is 0 Å². The van der Waals surface area contributed by atoms with Gasteiger partial charge in [0.05, 0.1) is 6.54 Å². The van der Waals surface area contributed by atoms with Crippen LogP contribution in [0, 0.1) is 13.8 Å². The van der Waals surface area contributed by atoms with E-state index in [1.54, 1.807) is 0 Å². The second-order valence-corrected chi connectivity index (χ2v) is 5.30. The fourth-order valence-corrected chi connectivity index (χ4v) is 2.58. The Balaban J connectivity index is 2.01. The molecule has 2 aromatic heterocycles. The van der Waals surface area contributed by atoms with Gasteiger partial charge in [-0.05, 0) is 38.5 Å². The molecule has 0 aliphatic rings. The number of hydrogen-bond donors (Lipinski definition) is 1. The molecule has 0 amide bonds. The first-order valence-electron chi connectivity index (χ1n) is 5.81. The van der Waals surface area contributed by atoms with Crippen LogP contribution in [0.25, 0.3) is 0 Å². The Morgan fingerprint density at radius 1 is 1.12 bits per heavy atom. The maximum absolute atomic E-state index is 4.36. The number of hydrogen-bond acceptors (Lipinski definition) is 4. The van der Waals surface area contributed by atoms with Crippen molar-refractivity contribution in [2.75, 3.05) is 5.32 Å². The Morgan fingerprint density at radius 2 is 1.76 bits per heavy atom. The highest BCUT2D eigenvalue weighted by atomic mass is 32.1. The third-order valence-electron chi connectivity index (χ3n) is 2.47. The number of anilines is 1. The number of aromatic nitrogens is 2. The summed E-state index contributed by atoms with van der Waals surface area (Å²) in [6.07, 6.45) is 1.10. The lowest BCUT2D eigenvalue weighted by Crippen LogP contribution is -2.04. The smallest absolute Gasteiger partial charge is 0.223 e. The number of nitrogens with one attached hydrogen (secondary N) is 1. The molecule has 0 aliphatic heterocycles. The first-order valence-corrected chi connectivity index (χ1v) is 6.62. The van der Waals surface area contributed by atoms with Crippen molar-refractivity contribution in [2.24, 2.45) is 0 Å². The Bertz CT molecular complexity index is 485. The highest BCUT2D eigenvalue weighted by Crippen LogP contribution is 2.17. The van der Waals surface area contributed by atoms with E-state index in [1.807, 2.05) is 31.3 Å². The number of rotatable bonds is 4. The Morgan fingerprint density at radius 3 is 2.35 bits per heavy atom. The van der Waals surface area contributed by atoms with Gasteiger partial charge in [-0.25, -0.2) is 9.97 Å². The maximum Gasteiger partial charge on any atom is 0.223 e. The van der Waals surface area contributed by atoms with Gasteiger partial charge in [0.15, 0.2) is 0 Å². The van der Waals surface area contributed by atoms with Gasteiger partial charge in [0.1, 0.15) is 0 Å². The molecule has 0 spiro atoms. The van der Waals surface area contributed by atoms with Crippen LogP contribution in [-0.2, 0) is 13.0 Å². The minimum absolute atomic E-state index is 0.717. The van der Waals surface area contributed by atoms with E-state index in [2.05, 4.69) is 34.3 Å². The van der Waals surface area contributed by atoms with Gasteiger partial charge >= 0.3 is 0 Å². The molecule has 3 nitrogen and oxygen atoms in total. The normalized spacial score (nSPS) is 10.5. The summed E-state index contributed by atoms with van der Waals surface area (Å²) in [6, 6.07) is 6.33. The Kier molecular flexibility index (Phi) is 3.74. The quantitative estimate of drug-likeness (QED) is 0.900. The van der Waals surface area contributed by atoms with Crippen molar-refractivity contribution < 1.29 is 0 Å². The van der Waals surface area contributed by atoms with Crippen LogP contribution in [-0.4, -0.2) is 9.97 Å². The largest absolute Gasteiger partial charge is 0.349 e.